The summed E-state index contributed by atoms with van der Waals surface area (Å²) < 4.78 is 0. The molecule has 0 saturated heterocycles. The molecule has 5 heteroatoms. The van der Waals surface area contributed by atoms with Crippen LogP contribution >= 0.6 is 12.4 Å². The molecule has 0 aliphatic carbocycles. The highest BCUT2D eigenvalue weighted by Gasteiger charge is 2.06. The molecule has 0 aliphatic rings. The number of hydrazine groups is 1. The van der Waals surface area contributed by atoms with Crippen molar-refractivity contribution in [1.29, 1.82) is 0 Å². The maximum absolute atomic E-state index is 4.55. The minimum Gasteiger partial charge on any atom is -0.296 e. The fraction of sp³-hybridized carbons (Fsp3) is 0.125. The lowest BCUT2D eigenvalue weighted by atomic mass is 10.2. The summed E-state index contributed by atoms with van der Waals surface area (Å²) in [7, 11) is 1.91. The Balaban J connectivity index is 0.00000161. The van der Waals surface area contributed by atoms with Crippen LogP contribution in [0.2, 0.25) is 0 Å². The van der Waals surface area contributed by atoms with Gasteiger partial charge >= 0.3 is 0 Å². The zero-order valence-electron chi connectivity index (χ0n) is 11.9. The Morgan fingerprint density at radius 1 is 1.00 bits per heavy atom. The lowest BCUT2D eigenvalue weighted by Crippen LogP contribution is -2.27. The summed E-state index contributed by atoms with van der Waals surface area (Å²) in [5.41, 5.74) is 6.47. The van der Waals surface area contributed by atoms with Crippen molar-refractivity contribution in [3.05, 3.63) is 60.3 Å². The first-order chi connectivity index (χ1) is 9.74. The fourth-order valence-corrected chi connectivity index (χ4v) is 2.05. The predicted octanol–water partition coefficient (Wildman–Crippen LogP) is 3.82. The van der Waals surface area contributed by atoms with E-state index < -0.39 is 0 Å². The highest BCUT2D eigenvalue weighted by Crippen LogP contribution is 2.17. The van der Waals surface area contributed by atoms with Crippen molar-refractivity contribution >= 4 is 34.9 Å². The number of nitrogens with one attached hydrogen (secondary N) is 1. The van der Waals surface area contributed by atoms with Gasteiger partial charge in [0.15, 0.2) is 0 Å². The SMILES string of the molecule is Cc1ccccc1NN(C)c1ncc2ccccc2n1.Cl. The standard InChI is InChI=1S/C16H16N4.ClH/c1-12-7-3-5-9-14(12)19-20(2)16-17-11-13-8-4-6-10-15(13)18-16;/h3-11,19H,1-2H3;1H. The van der Waals surface area contributed by atoms with E-state index in [4.69, 9.17) is 0 Å². The molecule has 0 atom stereocenters. The Morgan fingerprint density at radius 2 is 1.71 bits per heavy atom. The zero-order chi connectivity index (χ0) is 13.9. The number of aromatic nitrogens is 2. The van der Waals surface area contributed by atoms with Gasteiger partial charge in [-0.05, 0) is 24.6 Å². The second kappa shape index (κ2) is 6.41. The quantitative estimate of drug-likeness (QED) is 0.747. The number of aryl methyl sites for hydroxylation is 1. The molecule has 0 saturated carbocycles. The van der Waals surface area contributed by atoms with Crippen molar-refractivity contribution in [3.63, 3.8) is 0 Å². The van der Waals surface area contributed by atoms with Crippen LogP contribution in [0.25, 0.3) is 10.9 Å². The Labute approximate surface area is 130 Å². The molecule has 2 aromatic carbocycles. The third kappa shape index (κ3) is 3.23. The molecule has 0 unspecified atom stereocenters. The van der Waals surface area contributed by atoms with Gasteiger partial charge in [-0.25, -0.2) is 9.97 Å². The van der Waals surface area contributed by atoms with Crippen LogP contribution < -0.4 is 10.4 Å². The number of nitrogens with zero attached hydrogens (tertiary/aromatic N) is 3. The van der Waals surface area contributed by atoms with Gasteiger partial charge in [0.2, 0.25) is 5.95 Å². The molecular formula is C16H17ClN4. The van der Waals surface area contributed by atoms with Gasteiger partial charge in [0.1, 0.15) is 0 Å². The molecule has 4 nitrogen and oxygen atoms in total. The second-order valence-corrected chi connectivity index (χ2v) is 4.71. The maximum atomic E-state index is 4.55. The number of hydrogen-bond acceptors (Lipinski definition) is 4. The zero-order valence-corrected chi connectivity index (χ0v) is 12.8. The molecular weight excluding hydrogens is 284 g/mol. The molecule has 0 radical (unpaired) electrons. The minimum absolute atomic E-state index is 0. The van der Waals surface area contributed by atoms with Crippen LogP contribution in [0.5, 0.6) is 0 Å². The van der Waals surface area contributed by atoms with Crippen molar-refractivity contribution in [2.45, 2.75) is 6.92 Å². The molecule has 0 amide bonds. The van der Waals surface area contributed by atoms with Crippen molar-refractivity contribution in [2.24, 2.45) is 0 Å². The Morgan fingerprint density at radius 3 is 2.52 bits per heavy atom. The summed E-state index contributed by atoms with van der Waals surface area (Å²) in [4.78, 5) is 8.94. The van der Waals surface area contributed by atoms with Crippen LogP contribution in [-0.4, -0.2) is 17.0 Å². The highest BCUT2D eigenvalue weighted by atomic mass is 35.5. The molecule has 3 rings (SSSR count). The Bertz CT molecular complexity index is 745. The number of benzene rings is 2. The van der Waals surface area contributed by atoms with E-state index >= 15 is 0 Å². The van der Waals surface area contributed by atoms with Gasteiger partial charge in [0.05, 0.1) is 11.2 Å². The summed E-state index contributed by atoms with van der Waals surface area (Å²) in [6.45, 7) is 2.07. The van der Waals surface area contributed by atoms with Crippen LogP contribution in [0.4, 0.5) is 11.6 Å². The van der Waals surface area contributed by atoms with Crippen LogP contribution in [0, 0.1) is 6.92 Å². The molecule has 1 aromatic heterocycles. The smallest absolute Gasteiger partial charge is 0.244 e. The predicted molar refractivity (Wildman–Crippen MR) is 90.0 cm³/mol. The first kappa shape index (κ1) is 15.1. The van der Waals surface area contributed by atoms with E-state index in [1.165, 1.54) is 5.56 Å². The van der Waals surface area contributed by atoms with Crippen LogP contribution in [0.15, 0.2) is 54.7 Å². The molecule has 0 bridgehead atoms. The summed E-state index contributed by atoms with van der Waals surface area (Å²) in [6, 6.07) is 16.1. The van der Waals surface area contributed by atoms with E-state index in [-0.39, 0.29) is 12.4 Å². The number of anilines is 2. The first-order valence-corrected chi connectivity index (χ1v) is 6.52. The number of fused-ring (bicyclic) bond motifs is 1. The van der Waals surface area contributed by atoms with E-state index in [1.807, 2.05) is 60.7 Å². The highest BCUT2D eigenvalue weighted by molar-refractivity contribution is 5.85. The average Bonchev–Trinajstić information content (AvgIpc) is 2.49. The molecule has 3 aromatic rings. The first-order valence-electron chi connectivity index (χ1n) is 6.52. The normalized spacial score (nSPS) is 10.0. The van der Waals surface area contributed by atoms with Gasteiger partial charge in [0.25, 0.3) is 0 Å². The van der Waals surface area contributed by atoms with E-state index in [0.29, 0.717) is 5.95 Å². The van der Waals surface area contributed by atoms with Crippen molar-refractivity contribution < 1.29 is 0 Å². The van der Waals surface area contributed by atoms with Crippen molar-refractivity contribution in [2.75, 3.05) is 17.5 Å². The van der Waals surface area contributed by atoms with E-state index in [2.05, 4.69) is 28.4 Å². The third-order valence-electron chi connectivity index (χ3n) is 3.21. The Hall–Kier alpha value is -2.33. The van der Waals surface area contributed by atoms with Gasteiger partial charge in [-0.1, -0.05) is 36.4 Å². The topological polar surface area (TPSA) is 41.0 Å². The van der Waals surface area contributed by atoms with Crippen LogP contribution in [-0.2, 0) is 0 Å². The van der Waals surface area contributed by atoms with E-state index in [1.54, 1.807) is 0 Å². The molecule has 0 spiro atoms. The minimum atomic E-state index is 0. The summed E-state index contributed by atoms with van der Waals surface area (Å²) in [5.74, 6) is 0.645. The summed E-state index contributed by atoms with van der Waals surface area (Å²) in [5, 5.41) is 2.87. The molecule has 0 aliphatic heterocycles. The van der Waals surface area contributed by atoms with Gasteiger partial charge in [-0.3, -0.25) is 10.4 Å². The number of para-hydroxylation sites is 2. The number of hydrogen-bond donors (Lipinski definition) is 1. The molecule has 108 valence electrons. The molecule has 0 fully saturated rings. The molecule has 21 heavy (non-hydrogen) atoms. The lowest BCUT2D eigenvalue weighted by molar-refractivity contribution is 0.993. The number of rotatable bonds is 3. The van der Waals surface area contributed by atoms with Crippen molar-refractivity contribution in [1.82, 2.24) is 9.97 Å². The fourth-order valence-electron chi connectivity index (χ4n) is 2.05. The van der Waals surface area contributed by atoms with Gasteiger partial charge < -0.3 is 0 Å². The van der Waals surface area contributed by atoms with E-state index in [9.17, 15) is 0 Å². The van der Waals surface area contributed by atoms with Gasteiger partial charge in [-0.2, -0.15) is 0 Å². The molecule has 1 heterocycles. The van der Waals surface area contributed by atoms with Crippen molar-refractivity contribution in [3.8, 4) is 0 Å². The van der Waals surface area contributed by atoms with Crippen LogP contribution in [0.3, 0.4) is 0 Å². The lowest BCUT2D eigenvalue weighted by Gasteiger charge is -2.20. The van der Waals surface area contributed by atoms with E-state index in [0.717, 1.165) is 16.6 Å². The summed E-state index contributed by atoms with van der Waals surface area (Å²) >= 11 is 0. The number of halogens is 1. The van der Waals surface area contributed by atoms with Gasteiger partial charge in [-0.15, -0.1) is 12.4 Å². The summed E-state index contributed by atoms with van der Waals surface area (Å²) in [6.07, 6.45) is 1.84. The Kier molecular flexibility index (Phi) is 4.60. The van der Waals surface area contributed by atoms with Gasteiger partial charge in [0, 0.05) is 18.6 Å². The largest absolute Gasteiger partial charge is 0.296 e. The van der Waals surface area contributed by atoms with Crippen LogP contribution in [0.1, 0.15) is 5.56 Å². The average molecular weight is 301 g/mol. The third-order valence-corrected chi connectivity index (χ3v) is 3.21. The second-order valence-electron chi connectivity index (χ2n) is 4.71. The monoisotopic (exact) mass is 300 g/mol. The maximum Gasteiger partial charge on any atom is 0.244 e. The molecule has 1 N–H and O–H groups in total.